The Morgan fingerprint density at radius 3 is 2.92 bits per heavy atom. The van der Waals surface area contributed by atoms with E-state index in [0.29, 0.717) is 0 Å². The highest BCUT2D eigenvalue weighted by Gasteiger charge is 2.35. The van der Waals surface area contributed by atoms with Crippen molar-refractivity contribution in [2.45, 2.75) is 19.3 Å². The van der Waals surface area contributed by atoms with Crippen LogP contribution in [0, 0.1) is 5.41 Å². The Labute approximate surface area is 141 Å². The lowest BCUT2D eigenvalue weighted by atomic mass is 9.75. The van der Waals surface area contributed by atoms with Crippen LogP contribution in [0.25, 0.3) is 11.0 Å². The molecule has 1 aliphatic heterocycles. The van der Waals surface area contributed by atoms with E-state index < -0.39 is 0 Å². The zero-order valence-electron chi connectivity index (χ0n) is 13.7. The normalized spacial score (nSPS) is 21.3. The van der Waals surface area contributed by atoms with Gasteiger partial charge in [0.15, 0.2) is 5.65 Å². The molecular formula is C19H22N4O. The first kappa shape index (κ1) is 15.1. The summed E-state index contributed by atoms with van der Waals surface area (Å²) in [6.07, 6.45) is 6.69. The molecule has 0 spiro atoms. The van der Waals surface area contributed by atoms with Gasteiger partial charge in [0.2, 0.25) is 0 Å². The maximum absolute atomic E-state index is 10.2. The fourth-order valence-electron chi connectivity index (χ4n) is 3.88. The number of H-pyrrole nitrogens is 1. The Morgan fingerprint density at radius 1 is 1.21 bits per heavy atom. The van der Waals surface area contributed by atoms with Crippen molar-refractivity contribution >= 4 is 16.7 Å². The van der Waals surface area contributed by atoms with Gasteiger partial charge in [0, 0.05) is 24.7 Å². The molecule has 1 unspecified atom stereocenters. The van der Waals surface area contributed by atoms with Crippen LogP contribution < -0.4 is 4.90 Å². The first-order valence-electron chi connectivity index (χ1n) is 8.48. The van der Waals surface area contributed by atoms with Gasteiger partial charge < -0.3 is 10.0 Å². The second-order valence-corrected chi connectivity index (χ2v) is 6.81. The summed E-state index contributed by atoms with van der Waals surface area (Å²) >= 11 is 0. The van der Waals surface area contributed by atoms with Gasteiger partial charge in [0.05, 0.1) is 23.9 Å². The predicted octanol–water partition coefficient (Wildman–Crippen LogP) is 2.78. The number of anilines is 1. The van der Waals surface area contributed by atoms with E-state index in [2.05, 4.69) is 44.3 Å². The summed E-state index contributed by atoms with van der Waals surface area (Å²) in [5, 5.41) is 18.3. The van der Waals surface area contributed by atoms with Crippen LogP contribution in [0.4, 0.5) is 5.69 Å². The number of aliphatic hydroxyl groups is 1. The molecule has 0 bridgehead atoms. The minimum Gasteiger partial charge on any atom is -0.396 e. The van der Waals surface area contributed by atoms with Crippen molar-refractivity contribution in [2.24, 2.45) is 5.41 Å². The van der Waals surface area contributed by atoms with Crippen molar-refractivity contribution in [3.63, 3.8) is 0 Å². The number of benzene rings is 1. The van der Waals surface area contributed by atoms with Crippen molar-refractivity contribution in [2.75, 3.05) is 24.6 Å². The first-order valence-corrected chi connectivity index (χ1v) is 8.48. The van der Waals surface area contributed by atoms with Crippen molar-refractivity contribution in [1.29, 1.82) is 0 Å². The molecule has 1 atom stereocenters. The highest BCUT2D eigenvalue weighted by molar-refractivity contribution is 5.88. The maximum Gasteiger partial charge on any atom is 0.157 e. The average Bonchev–Trinajstić information content (AvgIpc) is 3.11. The van der Waals surface area contributed by atoms with Crippen LogP contribution in [0.15, 0.2) is 48.8 Å². The standard InChI is InChI=1S/C19H22N4O/c24-14-19(11-15-5-2-1-3-6-15)8-4-10-23(13-19)17-7-9-20-18-16(17)12-21-22-18/h1-3,5-7,9,12,24H,4,8,10-11,13-14H2,(H,20,21,22). The van der Waals surface area contributed by atoms with Crippen LogP contribution in [0.1, 0.15) is 18.4 Å². The molecule has 1 fully saturated rings. The smallest absolute Gasteiger partial charge is 0.157 e. The van der Waals surface area contributed by atoms with Crippen molar-refractivity contribution in [1.82, 2.24) is 15.2 Å². The summed E-state index contributed by atoms with van der Waals surface area (Å²) < 4.78 is 0. The molecule has 1 aromatic carbocycles. The first-order chi connectivity index (χ1) is 11.8. The van der Waals surface area contributed by atoms with E-state index in [1.165, 1.54) is 5.56 Å². The highest BCUT2D eigenvalue weighted by Crippen LogP contribution is 2.37. The van der Waals surface area contributed by atoms with E-state index >= 15 is 0 Å². The van der Waals surface area contributed by atoms with Crippen molar-refractivity contribution in [3.05, 3.63) is 54.4 Å². The fourth-order valence-corrected chi connectivity index (χ4v) is 3.88. The van der Waals surface area contributed by atoms with Gasteiger partial charge in [-0.2, -0.15) is 5.10 Å². The van der Waals surface area contributed by atoms with E-state index in [1.807, 2.05) is 24.5 Å². The van der Waals surface area contributed by atoms with Gasteiger partial charge in [-0.1, -0.05) is 30.3 Å². The summed E-state index contributed by atoms with van der Waals surface area (Å²) in [5.74, 6) is 0. The number of aliphatic hydroxyl groups excluding tert-OH is 1. The van der Waals surface area contributed by atoms with E-state index in [-0.39, 0.29) is 12.0 Å². The zero-order chi connectivity index (χ0) is 16.4. The number of rotatable bonds is 4. The number of pyridine rings is 1. The molecule has 24 heavy (non-hydrogen) atoms. The largest absolute Gasteiger partial charge is 0.396 e. The number of piperidine rings is 1. The van der Waals surface area contributed by atoms with E-state index in [4.69, 9.17) is 0 Å². The Bertz CT molecular complexity index is 816. The van der Waals surface area contributed by atoms with Gasteiger partial charge in [-0.25, -0.2) is 4.98 Å². The molecule has 3 heterocycles. The Kier molecular flexibility index (Phi) is 3.94. The van der Waals surface area contributed by atoms with E-state index in [9.17, 15) is 5.11 Å². The summed E-state index contributed by atoms with van der Waals surface area (Å²) in [4.78, 5) is 6.70. The van der Waals surface area contributed by atoms with Crippen LogP contribution in [0.2, 0.25) is 0 Å². The minimum absolute atomic E-state index is 0.0983. The van der Waals surface area contributed by atoms with Gasteiger partial charge in [-0.3, -0.25) is 5.10 Å². The third-order valence-electron chi connectivity index (χ3n) is 5.09. The molecule has 0 amide bonds. The van der Waals surface area contributed by atoms with Gasteiger partial charge in [0.25, 0.3) is 0 Å². The van der Waals surface area contributed by atoms with Gasteiger partial charge in [-0.15, -0.1) is 0 Å². The molecule has 2 N–H and O–H groups in total. The lowest BCUT2D eigenvalue weighted by Crippen LogP contribution is -2.46. The molecule has 2 aromatic heterocycles. The SMILES string of the molecule is OCC1(Cc2ccccc2)CCCN(c2ccnc3[nH]ncc23)C1. The molecule has 4 rings (SSSR count). The topological polar surface area (TPSA) is 65.0 Å². The fraction of sp³-hybridized carbons (Fsp3) is 0.368. The number of fused-ring (bicyclic) bond motifs is 1. The second kappa shape index (κ2) is 6.24. The molecule has 3 aromatic rings. The Balaban J connectivity index is 1.63. The Hall–Kier alpha value is -2.40. The third-order valence-corrected chi connectivity index (χ3v) is 5.09. The van der Waals surface area contributed by atoms with E-state index in [1.54, 1.807) is 0 Å². The van der Waals surface area contributed by atoms with Crippen LogP contribution in [-0.2, 0) is 6.42 Å². The van der Waals surface area contributed by atoms with Crippen LogP contribution in [0.3, 0.4) is 0 Å². The van der Waals surface area contributed by atoms with Gasteiger partial charge >= 0.3 is 0 Å². The number of aromatic amines is 1. The number of nitrogens with one attached hydrogen (secondary N) is 1. The third kappa shape index (κ3) is 2.76. The van der Waals surface area contributed by atoms with Crippen LogP contribution in [0.5, 0.6) is 0 Å². The van der Waals surface area contributed by atoms with Crippen LogP contribution in [-0.4, -0.2) is 40.0 Å². The summed E-state index contributed by atoms with van der Waals surface area (Å²) in [6, 6.07) is 12.5. The molecule has 0 radical (unpaired) electrons. The molecule has 0 saturated carbocycles. The highest BCUT2D eigenvalue weighted by atomic mass is 16.3. The van der Waals surface area contributed by atoms with Crippen molar-refractivity contribution < 1.29 is 5.11 Å². The quantitative estimate of drug-likeness (QED) is 0.775. The van der Waals surface area contributed by atoms with Gasteiger partial charge in [-0.05, 0) is 30.9 Å². The number of hydrogen-bond donors (Lipinski definition) is 2. The van der Waals surface area contributed by atoms with Crippen LogP contribution >= 0.6 is 0 Å². The lowest BCUT2D eigenvalue weighted by Gasteiger charge is -2.43. The summed E-state index contributed by atoms with van der Waals surface area (Å²) in [6.45, 7) is 2.06. The maximum atomic E-state index is 10.2. The molecule has 0 aliphatic carbocycles. The Morgan fingerprint density at radius 2 is 2.08 bits per heavy atom. The average molecular weight is 322 g/mol. The predicted molar refractivity (Wildman–Crippen MR) is 95.0 cm³/mol. The summed E-state index contributed by atoms with van der Waals surface area (Å²) in [7, 11) is 0. The number of aromatic nitrogens is 3. The lowest BCUT2D eigenvalue weighted by molar-refractivity contribution is 0.105. The second-order valence-electron chi connectivity index (χ2n) is 6.81. The number of nitrogens with zero attached hydrogens (tertiary/aromatic N) is 3. The summed E-state index contributed by atoms with van der Waals surface area (Å²) in [5.41, 5.74) is 3.16. The zero-order valence-corrected chi connectivity index (χ0v) is 13.7. The molecule has 5 heteroatoms. The van der Waals surface area contributed by atoms with Crippen molar-refractivity contribution in [3.8, 4) is 0 Å². The molecule has 5 nitrogen and oxygen atoms in total. The molecule has 1 aliphatic rings. The van der Waals surface area contributed by atoms with E-state index in [0.717, 1.165) is 49.1 Å². The minimum atomic E-state index is -0.0983. The molecule has 124 valence electrons. The monoisotopic (exact) mass is 322 g/mol. The molecular weight excluding hydrogens is 300 g/mol. The number of hydrogen-bond acceptors (Lipinski definition) is 4. The van der Waals surface area contributed by atoms with Gasteiger partial charge in [0.1, 0.15) is 0 Å². The molecule has 1 saturated heterocycles.